The highest BCUT2D eigenvalue weighted by Crippen LogP contribution is 2.20. The summed E-state index contributed by atoms with van der Waals surface area (Å²) in [7, 11) is 0. The molecule has 0 radical (unpaired) electrons. The Morgan fingerprint density at radius 1 is 1.23 bits per heavy atom. The van der Waals surface area contributed by atoms with E-state index in [1.54, 1.807) is 0 Å². The Kier molecular flexibility index (Phi) is 5.45. The maximum atomic E-state index is 12.5. The molecule has 2 aliphatic heterocycles. The minimum absolute atomic E-state index is 0.259. The number of piperidine rings is 1. The Morgan fingerprint density at radius 3 is 2.86 bits per heavy atom. The van der Waals surface area contributed by atoms with Crippen LogP contribution in [0.2, 0.25) is 0 Å². The SMILES string of the molecule is O=C(CN1CCCC[C@@H]1CCn1cccn1)N1CCOCC1. The molecule has 2 saturated heterocycles. The summed E-state index contributed by atoms with van der Waals surface area (Å²) < 4.78 is 7.31. The number of carbonyl (C=O) groups excluding carboxylic acids is 1. The summed E-state index contributed by atoms with van der Waals surface area (Å²) in [5.74, 6) is 0.259. The fourth-order valence-corrected chi connectivity index (χ4v) is 3.40. The van der Waals surface area contributed by atoms with Crippen LogP contribution in [0.4, 0.5) is 0 Å². The van der Waals surface area contributed by atoms with Crippen LogP contribution in [0.5, 0.6) is 0 Å². The van der Waals surface area contributed by atoms with Crippen molar-refractivity contribution in [2.45, 2.75) is 38.3 Å². The Bertz CT molecular complexity index is 457. The van der Waals surface area contributed by atoms with E-state index in [-0.39, 0.29) is 5.91 Å². The van der Waals surface area contributed by atoms with Gasteiger partial charge in [0, 0.05) is 38.1 Å². The summed E-state index contributed by atoms with van der Waals surface area (Å²) in [5, 5.41) is 4.27. The first kappa shape index (κ1) is 15.5. The number of carbonyl (C=O) groups is 1. The number of hydrogen-bond donors (Lipinski definition) is 0. The molecule has 6 heteroatoms. The summed E-state index contributed by atoms with van der Waals surface area (Å²) in [6, 6.07) is 2.46. The van der Waals surface area contributed by atoms with Gasteiger partial charge in [-0.2, -0.15) is 5.10 Å². The van der Waals surface area contributed by atoms with Crippen molar-refractivity contribution in [2.24, 2.45) is 0 Å². The highest BCUT2D eigenvalue weighted by atomic mass is 16.5. The molecule has 2 aliphatic rings. The van der Waals surface area contributed by atoms with Crippen LogP contribution in [0.25, 0.3) is 0 Å². The molecule has 0 aliphatic carbocycles. The minimum atomic E-state index is 0.259. The van der Waals surface area contributed by atoms with Gasteiger partial charge >= 0.3 is 0 Å². The Labute approximate surface area is 132 Å². The number of likely N-dealkylation sites (tertiary alicyclic amines) is 1. The van der Waals surface area contributed by atoms with Crippen LogP contribution < -0.4 is 0 Å². The molecular formula is C16H26N4O2. The van der Waals surface area contributed by atoms with Crippen molar-refractivity contribution in [1.82, 2.24) is 19.6 Å². The molecule has 1 atom stereocenters. The van der Waals surface area contributed by atoms with Crippen molar-refractivity contribution < 1.29 is 9.53 Å². The fourth-order valence-electron chi connectivity index (χ4n) is 3.40. The number of aromatic nitrogens is 2. The average Bonchev–Trinajstić information content (AvgIpc) is 3.08. The van der Waals surface area contributed by atoms with Crippen LogP contribution in [0.3, 0.4) is 0 Å². The molecule has 0 N–H and O–H groups in total. The number of morpholine rings is 1. The Morgan fingerprint density at radius 2 is 2.09 bits per heavy atom. The second-order valence-electron chi connectivity index (χ2n) is 6.17. The van der Waals surface area contributed by atoms with Crippen LogP contribution in [0.1, 0.15) is 25.7 Å². The van der Waals surface area contributed by atoms with Gasteiger partial charge in [0.05, 0.1) is 19.8 Å². The lowest BCUT2D eigenvalue weighted by atomic mass is 9.99. The maximum Gasteiger partial charge on any atom is 0.236 e. The maximum absolute atomic E-state index is 12.5. The van der Waals surface area contributed by atoms with Crippen molar-refractivity contribution in [1.29, 1.82) is 0 Å². The third kappa shape index (κ3) is 4.08. The molecule has 0 spiro atoms. The van der Waals surface area contributed by atoms with Gasteiger partial charge in [0.1, 0.15) is 0 Å². The molecule has 1 aromatic rings. The van der Waals surface area contributed by atoms with Crippen LogP contribution in [-0.2, 0) is 16.1 Å². The van der Waals surface area contributed by atoms with E-state index in [1.165, 1.54) is 19.3 Å². The Balaban J connectivity index is 1.51. The van der Waals surface area contributed by atoms with Crippen molar-refractivity contribution in [3.8, 4) is 0 Å². The van der Waals surface area contributed by atoms with E-state index < -0.39 is 0 Å². The lowest BCUT2D eigenvalue weighted by Crippen LogP contribution is -2.49. The van der Waals surface area contributed by atoms with Gasteiger partial charge in [-0.15, -0.1) is 0 Å². The van der Waals surface area contributed by atoms with E-state index in [0.29, 0.717) is 25.8 Å². The van der Waals surface area contributed by atoms with Gasteiger partial charge in [-0.25, -0.2) is 0 Å². The van der Waals surface area contributed by atoms with Crippen LogP contribution in [-0.4, -0.2) is 70.9 Å². The van der Waals surface area contributed by atoms with Crippen molar-refractivity contribution in [3.05, 3.63) is 18.5 Å². The molecule has 3 heterocycles. The molecule has 0 saturated carbocycles. The average molecular weight is 306 g/mol. The summed E-state index contributed by atoms with van der Waals surface area (Å²) >= 11 is 0. The smallest absolute Gasteiger partial charge is 0.236 e. The largest absolute Gasteiger partial charge is 0.378 e. The predicted molar refractivity (Wildman–Crippen MR) is 83.5 cm³/mol. The number of amides is 1. The second kappa shape index (κ2) is 7.74. The van der Waals surface area contributed by atoms with E-state index in [0.717, 1.165) is 32.6 Å². The molecule has 0 unspecified atom stereocenters. The van der Waals surface area contributed by atoms with E-state index in [4.69, 9.17) is 4.74 Å². The molecular weight excluding hydrogens is 280 g/mol. The minimum Gasteiger partial charge on any atom is -0.378 e. The zero-order valence-electron chi connectivity index (χ0n) is 13.2. The van der Waals surface area contributed by atoms with E-state index in [2.05, 4.69) is 10.00 Å². The summed E-state index contributed by atoms with van der Waals surface area (Å²) in [6.07, 6.45) is 8.56. The van der Waals surface area contributed by atoms with Gasteiger partial charge in [0.15, 0.2) is 0 Å². The summed E-state index contributed by atoms with van der Waals surface area (Å²) in [5.41, 5.74) is 0. The topological polar surface area (TPSA) is 50.6 Å². The number of ether oxygens (including phenoxy) is 1. The molecule has 122 valence electrons. The normalized spacial score (nSPS) is 23.6. The van der Waals surface area contributed by atoms with E-state index in [9.17, 15) is 4.79 Å². The van der Waals surface area contributed by atoms with Crippen LogP contribution in [0.15, 0.2) is 18.5 Å². The van der Waals surface area contributed by atoms with Crippen LogP contribution in [0, 0.1) is 0 Å². The second-order valence-corrected chi connectivity index (χ2v) is 6.17. The number of hydrogen-bond acceptors (Lipinski definition) is 4. The number of rotatable bonds is 5. The van der Waals surface area contributed by atoms with E-state index >= 15 is 0 Å². The molecule has 0 aromatic carbocycles. The van der Waals surface area contributed by atoms with Crippen molar-refractivity contribution in [3.63, 3.8) is 0 Å². The lowest BCUT2D eigenvalue weighted by Gasteiger charge is -2.37. The lowest BCUT2D eigenvalue weighted by molar-refractivity contribution is -0.137. The van der Waals surface area contributed by atoms with Gasteiger partial charge in [-0.3, -0.25) is 14.4 Å². The van der Waals surface area contributed by atoms with Gasteiger partial charge < -0.3 is 9.64 Å². The molecule has 6 nitrogen and oxygen atoms in total. The first-order chi connectivity index (χ1) is 10.8. The predicted octanol–water partition coefficient (Wildman–Crippen LogP) is 0.987. The monoisotopic (exact) mass is 306 g/mol. The van der Waals surface area contributed by atoms with Gasteiger partial charge in [-0.05, 0) is 31.9 Å². The molecule has 1 aromatic heterocycles. The van der Waals surface area contributed by atoms with Gasteiger partial charge in [-0.1, -0.05) is 6.42 Å². The van der Waals surface area contributed by atoms with Crippen molar-refractivity contribution >= 4 is 5.91 Å². The number of nitrogens with zero attached hydrogens (tertiary/aromatic N) is 4. The Hall–Kier alpha value is -1.40. The standard InChI is InChI=1S/C16H26N4O2/c21-16(18-10-12-22-13-11-18)14-19-7-2-1-4-15(19)5-9-20-8-3-6-17-20/h3,6,8,15H,1-2,4-5,7,9-14H2/t15-/m1/s1. The highest BCUT2D eigenvalue weighted by Gasteiger charge is 2.26. The molecule has 2 fully saturated rings. The zero-order chi connectivity index (χ0) is 15.2. The quantitative estimate of drug-likeness (QED) is 0.814. The summed E-state index contributed by atoms with van der Waals surface area (Å²) in [6.45, 7) is 5.36. The molecule has 0 bridgehead atoms. The first-order valence-corrected chi connectivity index (χ1v) is 8.40. The van der Waals surface area contributed by atoms with Gasteiger partial charge in [0.2, 0.25) is 5.91 Å². The van der Waals surface area contributed by atoms with E-state index in [1.807, 2.05) is 28.0 Å². The third-order valence-electron chi connectivity index (χ3n) is 4.70. The zero-order valence-corrected chi connectivity index (χ0v) is 13.2. The highest BCUT2D eigenvalue weighted by molar-refractivity contribution is 5.78. The van der Waals surface area contributed by atoms with Crippen molar-refractivity contribution in [2.75, 3.05) is 39.4 Å². The van der Waals surface area contributed by atoms with Crippen LogP contribution >= 0.6 is 0 Å². The number of aryl methyl sites for hydroxylation is 1. The third-order valence-corrected chi connectivity index (χ3v) is 4.70. The molecule has 1 amide bonds. The summed E-state index contributed by atoms with van der Waals surface area (Å²) in [4.78, 5) is 16.8. The fraction of sp³-hybridized carbons (Fsp3) is 0.750. The molecule has 22 heavy (non-hydrogen) atoms. The molecule has 3 rings (SSSR count). The first-order valence-electron chi connectivity index (χ1n) is 8.40. The van der Waals surface area contributed by atoms with Gasteiger partial charge in [0.25, 0.3) is 0 Å².